The Hall–Kier alpha value is -2.74. The van der Waals surface area contributed by atoms with Crippen molar-refractivity contribution in [2.45, 2.75) is 33.4 Å². The first-order valence-electron chi connectivity index (χ1n) is 9.13. The third-order valence-electron chi connectivity index (χ3n) is 4.75. The van der Waals surface area contributed by atoms with E-state index in [0.29, 0.717) is 17.2 Å². The van der Waals surface area contributed by atoms with Gasteiger partial charge in [0.05, 0.1) is 26.2 Å². The molecule has 0 aliphatic carbocycles. The highest BCUT2D eigenvalue weighted by Gasteiger charge is 2.29. The summed E-state index contributed by atoms with van der Waals surface area (Å²) in [4.78, 5) is 12.7. The number of sulfonamides is 1. The highest BCUT2D eigenvalue weighted by Crippen LogP contribution is 2.27. The Morgan fingerprint density at radius 1 is 1.03 bits per heavy atom. The summed E-state index contributed by atoms with van der Waals surface area (Å²) in [5.41, 5.74) is 3.27. The van der Waals surface area contributed by atoms with E-state index in [0.717, 1.165) is 27.3 Å². The Labute approximate surface area is 172 Å². The number of rotatable bonds is 8. The monoisotopic (exact) mass is 420 g/mol. The number of carbonyl (C=O) groups excluding carboxylic acids is 1. The summed E-state index contributed by atoms with van der Waals surface area (Å²) < 4.78 is 36.5. The summed E-state index contributed by atoms with van der Waals surface area (Å²) in [5.74, 6) is 0.748. The van der Waals surface area contributed by atoms with E-state index in [-0.39, 0.29) is 6.54 Å². The van der Waals surface area contributed by atoms with Crippen LogP contribution < -0.4 is 19.1 Å². The van der Waals surface area contributed by atoms with Gasteiger partial charge in [-0.1, -0.05) is 12.1 Å². The van der Waals surface area contributed by atoms with Gasteiger partial charge in [0.2, 0.25) is 15.9 Å². The number of carbonyl (C=O) groups is 1. The lowest BCUT2D eigenvalue weighted by molar-refractivity contribution is -0.122. The first-order chi connectivity index (χ1) is 13.6. The Kier molecular flexibility index (Phi) is 7.13. The van der Waals surface area contributed by atoms with E-state index >= 15 is 0 Å². The van der Waals surface area contributed by atoms with Gasteiger partial charge in [-0.3, -0.25) is 9.10 Å². The van der Waals surface area contributed by atoms with Gasteiger partial charge in [-0.2, -0.15) is 0 Å². The Balaban J connectivity index is 2.20. The number of hydrogen-bond acceptors (Lipinski definition) is 5. The second kappa shape index (κ2) is 9.17. The molecule has 1 atom stereocenters. The molecule has 8 heteroatoms. The molecule has 158 valence electrons. The van der Waals surface area contributed by atoms with Crippen LogP contribution in [0.2, 0.25) is 0 Å². The summed E-state index contributed by atoms with van der Waals surface area (Å²) in [6, 6.07) is 9.74. The van der Waals surface area contributed by atoms with Crippen LogP contribution in [0.5, 0.6) is 11.5 Å². The molecular formula is C21H28N2O5S. The van der Waals surface area contributed by atoms with Gasteiger partial charge < -0.3 is 14.8 Å². The molecule has 0 fully saturated rings. The van der Waals surface area contributed by atoms with Gasteiger partial charge in [-0.15, -0.1) is 0 Å². The number of methoxy groups -OCH3 is 2. The number of ether oxygens (including phenoxy) is 2. The van der Waals surface area contributed by atoms with Crippen LogP contribution in [0.4, 0.5) is 5.69 Å². The molecule has 0 aliphatic rings. The topological polar surface area (TPSA) is 84.9 Å². The number of nitrogens with one attached hydrogen (secondary N) is 1. The van der Waals surface area contributed by atoms with Gasteiger partial charge in [0.1, 0.15) is 6.04 Å². The van der Waals surface area contributed by atoms with Crippen molar-refractivity contribution >= 4 is 21.6 Å². The van der Waals surface area contributed by atoms with E-state index in [2.05, 4.69) is 5.32 Å². The standard InChI is InChI=1S/C21H28N2O5S/c1-14-7-9-18(11-15(14)2)23(29(6,25)26)16(3)21(24)22-13-17-8-10-19(27-4)20(12-17)28-5/h7-12,16H,13H2,1-6H3,(H,22,24). The lowest BCUT2D eigenvalue weighted by atomic mass is 10.1. The summed E-state index contributed by atoms with van der Waals surface area (Å²) in [5, 5.41) is 2.79. The fourth-order valence-electron chi connectivity index (χ4n) is 3.00. The van der Waals surface area contributed by atoms with E-state index < -0.39 is 22.0 Å². The van der Waals surface area contributed by atoms with Crippen molar-refractivity contribution in [1.82, 2.24) is 5.32 Å². The highest BCUT2D eigenvalue weighted by atomic mass is 32.2. The van der Waals surface area contributed by atoms with E-state index in [1.807, 2.05) is 26.0 Å². The lowest BCUT2D eigenvalue weighted by Crippen LogP contribution is -2.47. The fraction of sp³-hybridized carbons (Fsp3) is 0.381. The van der Waals surface area contributed by atoms with E-state index in [9.17, 15) is 13.2 Å². The van der Waals surface area contributed by atoms with E-state index in [1.54, 1.807) is 38.3 Å². The zero-order valence-corrected chi connectivity index (χ0v) is 18.5. The van der Waals surface area contributed by atoms with Crippen LogP contribution in [0.1, 0.15) is 23.6 Å². The molecule has 0 saturated carbocycles. The van der Waals surface area contributed by atoms with Crippen molar-refractivity contribution in [3.63, 3.8) is 0 Å². The van der Waals surface area contributed by atoms with Gasteiger partial charge in [-0.05, 0) is 61.7 Å². The van der Waals surface area contributed by atoms with Crippen molar-refractivity contribution in [3.05, 3.63) is 53.1 Å². The van der Waals surface area contributed by atoms with Crippen molar-refractivity contribution < 1.29 is 22.7 Å². The molecule has 0 radical (unpaired) electrons. The van der Waals surface area contributed by atoms with Crippen molar-refractivity contribution in [2.75, 3.05) is 24.8 Å². The largest absolute Gasteiger partial charge is 0.493 e. The molecule has 29 heavy (non-hydrogen) atoms. The molecule has 1 N–H and O–H groups in total. The van der Waals surface area contributed by atoms with Crippen LogP contribution >= 0.6 is 0 Å². The molecule has 0 spiro atoms. The van der Waals surface area contributed by atoms with E-state index in [4.69, 9.17) is 9.47 Å². The summed E-state index contributed by atoms with van der Waals surface area (Å²) in [7, 11) is -0.572. The molecule has 0 bridgehead atoms. The number of aryl methyl sites for hydroxylation is 2. The van der Waals surface area contributed by atoms with Crippen LogP contribution in [0, 0.1) is 13.8 Å². The fourth-order valence-corrected chi connectivity index (χ4v) is 4.17. The molecule has 1 amide bonds. The molecule has 2 aromatic carbocycles. The summed E-state index contributed by atoms with van der Waals surface area (Å²) in [6.45, 7) is 5.65. The van der Waals surface area contributed by atoms with Gasteiger partial charge in [0.15, 0.2) is 11.5 Å². The predicted molar refractivity (Wildman–Crippen MR) is 114 cm³/mol. The third kappa shape index (κ3) is 5.41. The molecule has 1 unspecified atom stereocenters. The van der Waals surface area contributed by atoms with Crippen molar-refractivity contribution in [3.8, 4) is 11.5 Å². The number of amides is 1. The average Bonchev–Trinajstić information content (AvgIpc) is 2.67. The average molecular weight is 421 g/mol. The van der Waals surface area contributed by atoms with Crippen LogP contribution in [-0.4, -0.2) is 40.8 Å². The summed E-state index contributed by atoms with van der Waals surface area (Å²) >= 11 is 0. The molecule has 0 aromatic heterocycles. The molecular weight excluding hydrogens is 392 g/mol. The molecule has 0 saturated heterocycles. The van der Waals surface area contributed by atoms with Gasteiger partial charge in [0, 0.05) is 6.54 Å². The second-order valence-corrected chi connectivity index (χ2v) is 8.77. The quantitative estimate of drug-likeness (QED) is 0.710. The van der Waals surface area contributed by atoms with Crippen LogP contribution in [0.25, 0.3) is 0 Å². The lowest BCUT2D eigenvalue weighted by Gasteiger charge is -2.28. The van der Waals surface area contributed by atoms with Crippen molar-refractivity contribution in [2.24, 2.45) is 0 Å². The van der Waals surface area contributed by atoms with Gasteiger partial charge >= 0.3 is 0 Å². The first kappa shape index (κ1) is 22.5. The number of hydrogen-bond donors (Lipinski definition) is 1. The van der Waals surface area contributed by atoms with Gasteiger partial charge in [-0.25, -0.2) is 8.42 Å². The normalized spacial score (nSPS) is 12.2. The second-order valence-electron chi connectivity index (χ2n) is 6.91. The highest BCUT2D eigenvalue weighted by molar-refractivity contribution is 7.92. The molecule has 0 heterocycles. The van der Waals surface area contributed by atoms with Crippen LogP contribution in [-0.2, 0) is 21.4 Å². The van der Waals surface area contributed by atoms with Gasteiger partial charge in [0.25, 0.3) is 0 Å². The molecule has 2 rings (SSSR count). The van der Waals surface area contributed by atoms with E-state index in [1.165, 1.54) is 7.11 Å². The Morgan fingerprint density at radius 2 is 1.69 bits per heavy atom. The number of benzene rings is 2. The Morgan fingerprint density at radius 3 is 2.24 bits per heavy atom. The predicted octanol–water partition coefficient (Wildman–Crippen LogP) is 2.79. The maximum Gasteiger partial charge on any atom is 0.243 e. The zero-order chi connectivity index (χ0) is 21.8. The number of nitrogens with zero attached hydrogens (tertiary/aromatic N) is 1. The van der Waals surface area contributed by atoms with Crippen LogP contribution in [0.15, 0.2) is 36.4 Å². The summed E-state index contributed by atoms with van der Waals surface area (Å²) in [6.07, 6.45) is 1.10. The molecule has 0 aliphatic heterocycles. The number of anilines is 1. The van der Waals surface area contributed by atoms with Crippen LogP contribution in [0.3, 0.4) is 0 Å². The van der Waals surface area contributed by atoms with Crippen molar-refractivity contribution in [1.29, 1.82) is 0 Å². The minimum absolute atomic E-state index is 0.230. The minimum Gasteiger partial charge on any atom is -0.493 e. The Bertz CT molecular complexity index is 989. The first-order valence-corrected chi connectivity index (χ1v) is 11.0. The minimum atomic E-state index is -3.66. The molecule has 7 nitrogen and oxygen atoms in total. The third-order valence-corrected chi connectivity index (χ3v) is 5.99. The smallest absolute Gasteiger partial charge is 0.243 e. The molecule has 2 aromatic rings. The SMILES string of the molecule is COc1ccc(CNC(=O)C(C)N(c2ccc(C)c(C)c2)S(C)(=O)=O)cc1OC. The maximum absolute atomic E-state index is 12.7. The zero-order valence-electron chi connectivity index (χ0n) is 17.6. The maximum atomic E-state index is 12.7.